The molecular weight excluding hydrogens is 581 g/mol. The van der Waals surface area contributed by atoms with Crippen molar-refractivity contribution < 1.29 is 79.4 Å². The van der Waals surface area contributed by atoms with Crippen LogP contribution >= 0.6 is 0 Å². The molecule has 2 nitrogen and oxygen atoms in total. The Kier molecular flexibility index (Phi) is 7.19. The lowest BCUT2D eigenvalue weighted by atomic mass is 9.88. The van der Waals surface area contributed by atoms with Crippen molar-refractivity contribution in [3.05, 3.63) is 42.5 Å². The zero-order valence-corrected chi connectivity index (χ0v) is 17.4. The number of benzene rings is 2. The number of carbonyl (C=O) groups is 1. The van der Waals surface area contributed by atoms with Crippen LogP contribution < -0.4 is 5.32 Å². The molecule has 2 aromatic rings. The third kappa shape index (κ3) is 4.07. The van der Waals surface area contributed by atoms with E-state index in [0.29, 0.717) is 6.07 Å². The quantitative estimate of drug-likeness (QED) is 0.313. The third-order valence-electron chi connectivity index (χ3n) is 5.05. The largest absolute Gasteiger partial charge is 0.460 e. The standard InChI is InChI=1S/C19H8F17NO/c20-12(21,11(38)37-10-7-3-5-8-4-1-2-6-9(8)10)13(22,23)14(24,25)15(26,27)16(28,29)17(30,31)18(32,33)19(34,35)36/h1-7H,(H,37,38). The molecule has 0 radical (unpaired) electrons. The van der Waals surface area contributed by atoms with Crippen molar-refractivity contribution in [3.8, 4) is 0 Å². The first-order valence-electron chi connectivity index (χ1n) is 9.24. The number of nitrogens with one attached hydrogen (secondary N) is 1. The molecule has 0 bridgehead atoms. The SMILES string of the molecule is O=C(Nc1cccc2ccccc12)C(F)(F)C(F)(F)C(F)(F)C(F)(F)C(F)(F)C(F)(F)C(F)(F)C(F)(F)F. The van der Waals surface area contributed by atoms with Crippen LogP contribution in [0.1, 0.15) is 0 Å². The maximum absolute atomic E-state index is 14.1. The van der Waals surface area contributed by atoms with Crippen molar-refractivity contribution >= 4 is 22.4 Å². The second-order valence-corrected chi connectivity index (χ2v) is 7.50. The van der Waals surface area contributed by atoms with Gasteiger partial charge in [0.05, 0.1) is 0 Å². The Morgan fingerprint density at radius 1 is 0.500 bits per heavy atom. The van der Waals surface area contributed by atoms with E-state index >= 15 is 0 Å². The highest BCUT2D eigenvalue weighted by atomic mass is 19.4. The Balaban J connectivity index is 2.57. The van der Waals surface area contributed by atoms with E-state index in [1.807, 2.05) is 0 Å². The molecule has 0 aromatic heterocycles. The minimum Gasteiger partial charge on any atom is -0.320 e. The van der Waals surface area contributed by atoms with Gasteiger partial charge in [0.1, 0.15) is 0 Å². The summed E-state index contributed by atoms with van der Waals surface area (Å²) in [6.07, 6.45) is -7.84. The molecule has 0 fully saturated rings. The Bertz CT molecular complexity index is 1200. The number of hydrogen-bond acceptors (Lipinski definition) is 1. The first-order valence-corrected chi connectivity index (χ1v) is 9.24. The van der Waals surface area contributed by atoms with Crippen LogP contribution in [-0.2, 0) is 4.79 Å². The van der Waals surface area contributed by atoms with Gasteiger partial charge in [-0.2, -0.15) is 74.6 Å². The summed E-state index contributed by atoms with van der Waals surface area (Å²) in [5.74, 6) is -61.8. The molecule has 0 aliphatic heterocycles. The Labute approximate surface area is 198 Å². The Morgan fingerprint density at radius 2 is 0.895 bits per heavy atom. The summed E-state index contributed by atoms with van der Waals surface area (Å²) >= 11 is 0. The maximum atomic E-state index is 14.1. The third-order valence-corrected chi connectivity index (χ3v) is 5.05. The average Bonchev–Trinajstić information content (AvgIpc) is 2.77. The summed E-state index contributed by atoms with van der Waals surface area (Å²) in [5, 5.41) is 0.754. The molecule has 0 atom stereocenters. The molecule has 2 rings (SSSR count). The first-order chi connectivity index (χ1) is 16.7. The van der Waals surface area contributed by atoms with Gasteiger partial charge < -0.3 is 5.32 Å². The van der Waals surface area contributed by atoms with Gasteiger partial charge in [-0.3, -0.25) is 4.79 Å². The van der Waals surface area contributed by atoms with Crippen LogP contribution in [0.5, 0.6) is 0 Å². The summed E-state index contributed by atoms with van der Waals surface area (Å²) in [5.41, 5.74) is -0.861. The first kappa shape index (κ1) is 31.2. The number of anilines is 1. The molecule has 38 heavy (non-hydrogen) atoms. The van der Waals surface area contributed by atoms with Crippen LogP contribution in [0.2, 0.25) is 0 Å². The highest BCUT2D eigenvalue weighted by Gasteiger charge is 2.95. The number of alkyl halides is 17. The van der Waals surface area contributed by atoms with E-state index in [4.69, 9.17) is 0 Å². The molecule has 1 N–H and O–H groups in total. The summed E-state index contributed by atoms with van der Waals surface area (Å²) in [4.78, 5) is 11.7. The van der Waals surface area contributed by atoms with Crippen LogP contribution in [0.15, 0.2) is 42.5 Å². The van der Waals surface area contributed by atoms with E-state index in [-0.39, 0.29) is 10.8 Å². The Hall–Kier alpha value is -3.02. The van der Waals surface area contributed by atoms with Crippen molar-refractivity contribution in [3.63, 3.8) is 0 Å². The van der Waals surface area contributed by atoms with Gasteiger partial charge in [-0.05, 0) is 11.5 Å². The molecule has 0 saturated carbocycles. The predicted octanol–water partition coefficient (Wildman–Crippen LogP) is 7.79. The number of halogens is 17. The van der Waals surface area contributed by atoms with Gasteiger partial charge in [0.25, 0.3) is 0 Å². The fraction of sp³-hybridized carbons (Fsp3) is 0.421. The molecule has 0 heterocycles. The lowest BCUT2D eigenvalue weighted by Crippen LogP contribution is -2.75. The zero-order valence-electron chi connectivity index (χ0n) is 17.4. The van der Waals surface area contributed by atoms with Crippen LogP contribution in [-0.4, -0.2) is 53.5 Å². The smallest absolute Gasteiger partial charge is 0.320 e. The molecule has 1 amide bonds. The van der Waals surface area contributed by atoms with Crippen LogP contribution in [0.3, 0.4) is 0 Å². The van der Waals surface area contributed by atoms with Crippen LogP contribution in [0.25, 0.3) is 10.8 Å². The van der Waals surface area contributed by atoms with Crippen LogP contribution in [0.4, 0.5) is 80.3 Å². The van der Waals surface area contributed by atoms with E-state index in [1.165, 1.54) is 24.3 Å². The normalized spacial score (nSPS) is 15.1. The molecule has 0 unspecified atom stereocenters. The lowest BCUT2D eigenvalue weighted by Gasteiger charge is -2.42. The van der Waals surface area contributed by atoms with Crippen molar-refractivity contribution in [2.45, 2.75) is 47.6 Å². The molecule has 0 aliphatic carbocycles. The fourth-order valence-corrected chi connectivity index (χ4v) is 2.84. The van der Waals surface area contributed by atoms with Crippen LogP contribution in [0, 0.1) is 0 Å². The highest BCUT2D eigenvalue weighted by Crippen LogP contribution is 2.64. The fourth-order valence-electron chi connectivity index (χ4n) is 2.84. The predicted molar refractivity (Wildman–Crippen MR) is 93.3 cm³/mol. The zero-order chi connectivity index (χ0) is 30.0. The maximum Gasteiger partial charge on any atom is 0.460 e. The minimum absolute atomic E-state index is 0.0877. The van der Waals surface area contributed by atoms with E-state index < -0.39 is 59.2 Å². The summed E-state index contributed by atoms with van der Waals surface area (Å²) in [6.45, 7) is 0. The van der Waals surface area contributed by atoms with Gasteiger partial charge in [0.2, 0.25) is 0 Å². The molecule has 0 saturated heterocycles. The highest BCUT2D eigenvalue weighted by molar-refractivity contribution is 6.04. The van der Waals surface area contributed by atoms with Gasteiger partial charge >= 0.3 is 53.5 Å². The molecule has 2 aromatic carbocycles. The van der Waals surface area contributed by atoms with E-state index in [2.05, 4.69) is 0 Å². The minimum atomic E-state index is -8.76. The summed E-state index contributed by atoms with van der Waals surface area (Å²) in [6, 6.07) is 7.69. The number of hydrogen-bond donors (Lipinski definition) is 1. The topological polar surface area (TPSA) is 29.1 Å². The van der Waals surface area contributed by atoms with Gasteiger partial charge in [-0.15, -0.1) is 0 Å². The summed E-state index contributed by atoms with van der Waals surface area (Å²) < 4.78 is 226. The van der Waals surface area contributed by atoms with E-state index in [9.17, 15) is 79.4 Å². The Morgan fingerprint density at radius 3 is 1.37 bits per heavy atom. The molecule has 0 aliphatic rings. The summed E-state index contributed by atoms with van der Waals surface area (Å²) in [7, 11) is 0. The second-order valence-electron chi connectivity index (χ2n) is 7.50. The van der Waals surface area contributed by atoms with Gasteiger partial charge in [-0.25, -0.2) is 0 Å². The van der Waals surface area contributed by atoms with Gasteiger partial charge in [-0.1, -0.05) is 36.4 Å². The number of fused-ring (bicyclic) bond motifs is 1. The van der Waals surface area contributed by atoms with Gasteiger partial charge in [0.15, 0.2) is 0 Å². The van der Waals surface area contributed by atoms with E-state index in [1.54, 1.807) is 0 Å². The van der Waals surface area contributed by atoms with Crippen molar-refractivity contribution in [2.24, 2.45) is 0 Å². The molecule has 214 valence electrons. The molecule has 0 spiro atoms. The van der Waals surface area contributed by atoms with Crippen molar-refractivity contribution in [2.75, 3.05) is 5.32 Å². The van der Waals surface area contributed by atoms with Gasteiger partial charge in [0, 0.05) is 11.1 Å². The molecule has 19 heteroatoms. The number of carbonyl (C=O) groups excluding carboxylic acids is 1. The average molecular weight is 589 g/mol. The molecular formula is C19H8F17NO. The lowest BCUT2D eigenvalue weighted by molar-refractivity contribution is -0.459. The second kappa shape index (κ2) is 8.75. The number of rotatable bonds is 8. The van der Waals surface area contributed by atoms with E-state index in [0.717, 1.165) is 17.4 Å². The van der Waals surface area contributed by atoms with Crippen molar-refractivity contribution in [1.29, 1.82) is 0 Å². The van der Waals surface area contributed by atoms with Crippen molar-refractivity contribution in [1.82, 2.24) is 0 Å². The monoisotopic (exact) mass is 589 g/mol. The number of amides is 1.